The zero-order chi connectivity index (χ0) is 14.7. The molecule has 0 aliphatic rings. The van der Waals surface area contributed by atoms with Gasteiger partial charge < -0.3 is 15.0 Å². The summed E-state index contributed by atoms with van der Waals surface area (Å²) in [6.07, 6.45) is 0.889. The van der Waals surface area contributed by atoms with Crippen molar-refractivity contribution < 1.29 is 4.74 Å². The van der Waals surface area contributed by atoms with Crippen LogP contribution in [0.25, 0.3) is 11.0 Å². The number of aromatic nitrogens is 2. The van der Waals surface area contributed by atoms with Gasteiger partial charge in [0.1, 0.15) is 18.2 Å². The number of hydrogen-bond donors (Lipinski definition) is 1. The number of para-hydroxylation sites is 1. The quantitative estimate of drug-likeness (QED) is 0.730. The van der Waals surface area contributed by atoms with Crippen molar-refractivity contribution in [1.82, 2.24) is 9.55 Å². The van der Waals surface area contributed by atoms with Gasteiger partial charge in [0.2, 0.25) is 0 Å². The molecule has 0 unspecified atom stereocenters. The molecular formula is C17H19N3O. The molecule has 4 nitrogen and oxygen atoms in total. The van der Waals surface area contributed by atoms with Crippen molar-refractivity contribution in [2.45, 2.75) is 19.9 Å². The first-order valence-corrected chi connectivity index (χ1v) is 7.20. The Hall–Kier alpha value is -2.49. The van der Waals surface area contributed by atoms with Gasteiger partial charge in [0.15, 0.2) is 0 Å². The number of aryl methyl sites for hydroxylation is 1. The predicted octanol–water partition coefficient (Wildman–Crippen LogP) is 3.26. The molecule has 4 heteroatoms. The van der Waals surface area contributed by atoms with Gasteiger partial charge in [-0.2, -0.15) is 0 Å². The van der Waals surface area contributed by atoms with Gasteiger partial charge in [-0.05, 0) is 30.3 Å². The molecule has 1 aromatic heterocycles. The number of anilines is 1. The summed E-state index contributed by atoms with van der Waals surface area (Å²) < 4.78 is 7.98. The average molecular weight is 281 g/mol. The highest BCUT2D eigenvalue weighted by molar-refractivity contribution is 5.79. The van der Waals surface area contributed by atoms with Crippen LogP contribution in [0.3, 0.4) is 0 Å². The number of nitrogens with zero attached hydrogens (tertiary/aromatic N) is 2. The number of hydrogen-bond acceptors (Lipinski definition) is 3. The van der Waals surface area contributed by atoms with Crippen molar-refractivity contribution in [2.24, 2.45) is 0 Å². The fourth-order valence-electron chi connectivity index (χ4n) is 2.49. The van der Waals surface area contributed by atoms with E-state index in [1.165, 1.54) is 0 Å². The van der Waals surface area contributed by atoms with Crippen molar-refractivity contribution in [1.29, 1.82) is 0 Å². The Kier molecular flexibility index (Phi) is 3.77. The molecule has 21 heavy (non-hydrogen) atoms. The highest BCUT2D eigenvalue weighted by Gasteiger charge is 2.09. The van der Waals surface area contributed by atoms with Gasteiger partial charge in [0.25, 0.3) is 0 Å². The van der Waals surface area contributed by atoms with Crippen molar-refractivity contribution in [3.63, 3.8) is 0 Å². The summed E-state index contributed by atoms with van der Waals surface area (Å²) in [4.78, 5) is 4.65. The minimum absolute atomic E-state index is 0.618. The lowest BCUT2D eigenvalue weighted by Gasteiger charge is -2.10. The van der Waals surface area contributed by atoms with Crippen molar-refractivity contribution >= 4 is 16.7 Å². The number of nitrogen functional groups attached to an aromatic ring is 1. The Morgan fingerprint density at radius 2 is 1.95 bits per heavy atom. The maximum atomic E-state index is 5.83. The van der Waals surface area contributed by atoms with Gasteiger partial charge in [-0.3, -0.25) is 0 Å². The monoisotopic (exact) mass is 281 g/mol. The fraction of sp³-hybridized carbons (Fsp3) is 0.235. The number of nitrogens with two attached hydrogens (primary N) is 1. The van der Waals surface area contributed by atoms with Crippen molar-refractivity contribution in [3.8, 4) is 5.75 Å². The Morgan fingerprint density at radius 1 is 1.14 bits per heavy atom. The minimum atomic E-state index is 0.618. The van der Waals surface area contributed by atoms with E-state index in [-0.39, 0.29) is 0 Å². The molecule has 0 spiro atoms. The predicted molar refractivity (Wildman–Crippen MR) is 85.5 cm³/mol. The number of fused-ring (bicyclic) bond motifs is 1. The maximum Gasteiger partial charge on any atom is 0.119 e. The molecule has 0 bridgehead atoms. The Balaban J connectivity index is 1.79. The van der Waals surface area contributed by atoms with Crippen LogP contribution in [0.2, 0.25) is 0 Å². The lowest BCUT2D eigenvalue weighted by Crippen LogP contribution is -2.10. The average Bonchev–Trinajstić information content (AvgIpc) is 2.85. The summed E-state index contributed by atoms with van der Waals surface area (Å²) in [5.41, 5.74) is 8.63. The summed E-state index contributed by atoms with van der Waals surface area (Å²) >= 11 is 0. The Bertz CT molecular complexity index is 734. The first kappa shape index (κ1) is 13.5. The van der Waals surface area contributed by atoms with Crippen LogP contribution >= 0.6 is 0 Å². The fourth-order valence-corrected chi connectivity index (χ4v) is 2.49. The van der Waals surface area contributed by atoms with Crippen LogP contribution in [0.5, 0.6) is 5.75 Å². The van der Waals surface area contributed by atoms with Crippen LogP contribution in [-0.2, 0) is 13.0 Å². The SMILES string of the molecule is CCc1nc2cc(N)ccc2n1CCOc1ccccc1. The molecule has 3 rings (SSSR count). The second kappa shape index (κ2) is 5.87. The van der Waals surface area contributed by atoms with Gasteiger partial charge >= 0.3 is 0 Å². The van der Waals surface area contributed by atoms with E-state index in [4.69, 9.17) is 10.5 Å². The van der Waals surface area contributed by atoms with Crippen LogP contribution in [0.15, 0.2) is 48.5 Å². The lowest BCUT2D eigenvalue weighted by atomic mass is 10.3. The molecule has 0 aliphatic carbocycles. The van der Waals surface area contributed by atoms with E-state index in [0.717, 1.165) is 41.3 Å². The van der Waals surface area contributed by atoms with Gasteiger partial charge in [-0.1, -0.05) is 25.1 Å². The van der Waals surface area contributed by atoms with E-state index in [2.05, 4.69) is 16.5 Å². The van der Waals surface area contributed by atoms with E-state index < -0.39 is 0 Å². The van der Waals surface area contributed by atoms with Crippen LogP contribution in [0.1, 0.15) is 12.7 Å². The smallest absolute Gasteiger partial charge is 0.119 e. The molecule has 2 aromatic carbocycles. The van der Waals surface area contributed by atoms with E-state index >= 15 is 0 Å². The zero-order valence-electron chi connectivity index (χ0n) is 12.1. The van der Waals surface area contributed by atoms with Crippen LogP contribution in [0, 0.1) is 0 Å². The van der Waals surface area contributed by atoms with Gasteiger partial charge in [-0.25, -0.2) is 4.98 Å². The summed E-state index contributed by atoms with van der Waals surface area (Å²) in [5.74, 6) is 1.96. The Morgan fingerprint density at radius 3 is 2.71 bits per heavy atom. The van der Waals surface area contributed by atoms with Crippen LogP contribution < -0.4 is 10.5 Å². The minimum Gasteiger partial charge on any atom is -0.492 e. The summed E-state index contributed by atoms with van der Waals surface area (Å²) in [5, 5.41) is 0. The number of rotatable bonds is 5. The molecule has 3 aromatic rings. The van der Waals surface area contributed by atoms with Gasteiger partial charge in [-0.15, -0.1) is 0 Å². The molecule has 0 aliphatic heterocycles. The summed E-state index contributed by atoms with van der Waals surface area (Å²) in [7, 11) is 0. The number of imidazole rings is 1. The van der Waals surface area contributed by atoms with E-state index in [1.54, 1.807) is 0 Å². The van der Waals surface area contributed by atoms with Crippen LogP contribution in [-0.4, -0.2) is 16.2 Å². The molecule has 108 valence electrons. The third-order valence-corrected chi connectivity index (χ3v) is 3.49. The summed E-state index contributed by atoms with van der Waals surface area (Å²) in [6.45, 7) is 3.50. The standard InChI is InChI=1S/C17H19N3O/c1-2-17-19-15-12-13(18)8-9-16(15)20(17)10-11-21-14-6-4-3-5-7-14/h3-9,12H,2,10-11,18H2,1H3. The molecule has 1 heterocycles. The van der Waals surface area contributed by atoms with Gasteiger partial charge in [0.05, 0.1) is 17.6 Å². The molecule has 0 fully saturated rings. The molecule has 2 N–H and O–H groups in total. The second-order valence-corrected chi connectivity index (χ2v) is 4.94. The molecule has 0 amide bonds. The zero-order valence-corrected chi connectivity index (χ0v) is 12.1. The normalized spacial score (nSPS) is 10.9. The van der Waals surface area contributed by atoms with Gasteiger partial charge in [0, 0.05) is 12.1 Å². The highest BCUT2D eigenvalue weighted by atomic mass is 16.5. The molecule has 0 radical (unpaired) electrons. The second-order valence-electron chi connectivity index (χ2n) is 4.94. The Labute approximate surface area is 124 Å². The largest absolute Gasteiger partial charge is 0.492 e. The molecular weight excluding hydrogens is 262 g/mol. The van der Waals surface area contributed by atoms with E-state index in [0.29, 0.717) is 6.61 Å². The third kappa shape index (κ3) is 2.84. The first-order chi connectivity index (χ1) is 10.3. The third-order valence-electron chi connectivity index (χ3n) is 3.49. The van der Waals surface area contributed by atoms with E-state index in [9.17, 15) is 0 Å². The molecule has 0 saturated carbocycles. The number of ether oxygens (including phenoxy) is 1. The van der Waals surface area contributed by atoms with Crippen molar-refractivity contribution in [2.75, 3.05) is 12.3 Å². The first-order valence-electron chi connectivity index (χ1n) is 7.20. The molecule has 0 atom stereocenters. The highest BCUT2D eigenvalue weighted by Crippen LogP contribution is 2.19. The summed E-state index contributed by atoms with van der Waals surface area (Å²) in [6, 6.07) is 15.7. The maximum absolute atomic E-state index is 5.83. The van der Waals surface area contributed by atoms with Crippen molar-refractivity contribution in [3.05, 3.63) is 54.4 Å². The number of benzene rings is 2. The topological polar surface area (TPSA) is 53.1 Å². The van der Waals surface area contributed by atoms with Crippen LogP contribution in [0.4, 0.5) is 5.69 Å². The molecule has 0 saturated heterocycles. The lowest BCUT2D eigenvalue weighted by molar-refractivity contribution is 0.298. The van der Waals surface area contributed by atoms with E-state index in [1.807, 2.05) is 48.5 Å².